The van der Waals surface area contributed by atoms with E-state index >= 15 is 0 Å². The Bertz CT molecular complexity index is 1330. The zero-order chi connectivity index (χ0) is 21.9. The van der Waals surface area contributed by atoms with Crippen molar-refractivity contribution in [3.63, 3.8) is 0 Å². The molecule has 5 rings (SSSR count). The first-order chi connectivity index (χ1) is 15.7. The SMILES string of the molecule is O=C(Oc1ccccc1)c1cccc2cc3cccc(C(=O)Oc4ccccc4)c3cc12. The number of para-hydroxylation sites is 2. The summed E-state index contributed by atoms with van der Waals surface area (Å²) in [6.07, 6.45) is 0. The summed E-state index contributed by atoms with van der Waals surface area (Å²) in [5, 5.41) is 3.18. The van der Waals surface area contributed by atoms with Crippen molar-refractivity contribution in [2.45, 2.75) is 0 Å². The number of hydrogen-bond acceptors (Lipinski definition) is 4. The molecule has 154 valence electrons. The molecule has 0 saturated heterocycles. The van der Waals surface area contributed by atoms with Gasteiger partial charge in [0.1, 0.15) is 11.5 Å². The summed E-state index contributed by atoms with van der Waals surface area (Å²) in [5.74, 6) is 0.0424. The van der Waals surface area contributed by atoms with E-state index in [2.05, 4.69) is 0 Å². The summed E-state index contributed by atoms with van der Waals surface area (Å²) < 4.78 is 11.1. The van der Waals surface area contributed by atoms with Crippen molar-refractivity contribution in [3.05, 3.63) is 120 Å². The van der Waals surface area contributed by atoms with Gasteiger partial charge in [-0.2, -0.15) is 0 Å². The second-order valence-electron chi connectivity index (χ2n) is 7.31. The smallest absolute Gasteiger partial charge is 0.344 e. The molecule has 5 aromatic rings. The molecule has 0 saturated carbocycles. The molecule has 0 radical (unpaired) electrons. The van der Waals surface area contributed by atoms with Crippen molar-refractivity contribution < 1.29 is 19.1 Å². The molecule has 4 heteroatoms. The molecular weight excluding hydrogens is 400 g/mol. The van der Waals surface area contributed by atoms with Gasteiger partial charge in [0.25, 0.3) is 0 Å². The summed E-state index contributed by atoms with van der Waals surface area (Å²) in [6.45, 7) is 0. The van der Waals surface area contributed by atoms with Gasteiger partial charge in [0.2, 0.25) is 0 Å². The average molecular weight is 418 g/mol. The Morgan fingerprint density at radius 2 is 0.906 bits per heavy atom. The minimum absolute atomic E-state index is 0.430. The molecule has 0 aliphatic carbocycles. The minimum Gasteiger partial charge on any atom is -0.423 e. The van der Waals surface area contributed by atoms with E-state index in [1.54, 1.807) is 36.4 Å². The molecule has 32 heavy (non-hydrogen) atoms. The van der Waals surface area contributed by atoms with E-state index in [0.29, 0.717) is 33.4 Å². The number of carbonyl (C=O) groups excluding carboxylic acids is 2. The van der Waals surface area contributed by atoms with Gasteiger partial charge in [-0.25, -0.2) is 9.59 Å². The first-order valence-corrected chi connectivity index (χ1v) is 10.2. The van der Waals surface area contributed by atoms with Gasteiger partial charge in [-0.3, -0.25) is 0 Å². The summed E-state index contributed by atoms with van der Waals surface area (Å²) in [7, 11) is 0. The van der Waals surface area contributed by atoms with E-state index in [9.17, 15) is 9.59 Å². The van der Waals surface area contributed by atoms with Crippen LogP contribution < -0.4 is 9.47 Å². The third kappa shape index (κ3) is 3.82. The number of hydrogen-bond donors (Lipinski definition) is 0. The lowest BCUT2D eigenvalue weighted by atomic mass is 9.97. The summed E-state index contributed by atoms with van der Waals surface area (Å²) >= 11 is 0. The maximum atomic E-state index is 12.9. The largest absolute Gasteiger partial charge is 0.423 e. The number of ether oxygens (including phenoxy) is 2. The summed E-state index contributed by atoms with van der Waals surface area (Å²) in [4.78, 5) is 25.8. The van der Waals surface area contributed by atoms with Crippen molar-refractivity contribution >= 4 is 33.5 Å². The van der Waals surface area contributed by atoms with Crippen LogP contribution in [0.3, 0.4) is 0 Å². The number of rotatable bonds is 4. The number of carbonyl (C=O) groups is 2. The Morgan fingerprint density at radius 1 is 0.469 bits per heavy atom. The van der Waals surface area contributed by atoms with Crippen LogP contribution in [-0.4, -0.2) is 11.9 Å². The molecule has 0 heterocycles. The highest BCUT2D eigenvalue weighted by Crippen LogP contribution is 2.29. The fourth-order valence-corrected chi connectivity index (χ4v) is 3.71. The summed E-state index contributed by atoms with van der Waals surface area (Å²) in [5.41, 5.74) is 0.860. The van der Waals surface area contributed by atoms with Crippen LogP contribution in [0.25, 0.3) is 21.5 Å². The maximum Gasteiger partial charge on any atom is 0.344 e. The van der Waals surface area contributed by atoms with Gasteiger partial charge in [0, 0.05) is 0 Å². The van der Waals surface area contributed by atoms with E-state index in [1.165, 1.54) is 0 Å². The van der Waals surface area contributed by atoms with Crippen LogP contribution in [0.2, 0.25) is 0 Å². The molecule has 0 fully saturated rings. The fourth-order valence-electron chi connectivity index (χ4n) is 3.71. The molecule has 0 unspecified atom stereocenters. The van der Waals surface area contributed by atoms with Crippen molar-refractivity contribution in [3.8, 4) is 11.5 Å². The molecule has 0 N–H and O–H groups in total. The molecule has 0 aromatic heterocycles. The number of esters is 2. The van der Waals surface area contributed by atoms with Crippen LogP contribution in [0, 0.1) is 0 Å². The van der Waals surface area contributed by atoms with Crippen molar-refractivity contribution in [2.24, 2.45) is 0 Å². The quantitative estimate of drug-likeness (QED) is 0.192. The van der Waals surface area contributed by atoms with E-state index in [-0.39, 0.29) is 0 Å². The van der Waals surface area contributed by atoms with Crippen LogP contribution in [-0.2, 0) is 0 Å². The van der Waals surface area contributed by atoms with Gasteiger partial charge < -0.3 is 9.47 Å². The highest BCUT2D eigenvalue weighted by atomic mass is 16.5. The van der Waals surface area contributed by atoms with Crippen molar-refractivity contribution in [1.29, 1.82) is 0 Å². The van der Waals surface area contributed by atoms with Gasteiger partial charge in [-0.05, 0) is 70.1 Å². The molecule has 4 nitrogen and oxygen atoms in total. The van der Waals surface area contributed by atoms with Crippen molar-refractivity contribution in [2.75, 3.05) is 0 Å². The lowest BCUT2D eigenvalue weighted by Gasteiger charge is -2.11. The van der Waals surface area contributed by atoms with Gasteiger partial charge in [-0.1, -0.05) is 60.7 Å². The van der Waals surface area contributed by atoms with Crippen LogP contribution in [0.1, 0.15) is 20.7 Å². The first-order valence-electron chi connectivity index (χ1n) is 10.2. The minimum atomic E-state index is -0.453. The Kier molecular flexibility index (Phi) is 5.10. The van der Waals surface area contributed by atoms with Gasteiger partial charge >= 0.3 is 11.9 Å². The number of fused-ring (bicyclic) bond motifs is 2. The predicted molar refractivity (Wildman–Crippen MR) is 124 cm³/mol. The van der Waals surface area contributed by atoms with Crippen LogP contribution >= 0.6 is 0 Å². The molecule has 0 spiro atoms. The Labute approximate surface area is 184 Å². The molecule has 0 bridgehead atoms. The zero-order valence-corrected chi connectivity index (χ0v) is 17.0. The van der Waals surface area contributed by atoms with Gasteiger partial charge in [-0.15, -0.1) is 0 Å². The topological polar surface area (TPSA) is 52.6 Å². The van der Waals surface area contributed by atoms with Gasteiger partial charge in [0.15, 0.2) is 0 Å². The monoisotopic (exact) mass is 418 g/mol. The standard InChI is InChI=1S/C28H18O4/c29-27(31-21-11-3-1-4-12-21)23-15-7-9-19-17-20-10-8-16-24(26(20)18-25(19)23)28(30)32-22-13-5-2-6-14-22/h1-18H. The number of benzene rings is 5. The van der Waals surface area contributed by atoms with Crippen molar-refractivity contribution in [1.82, 2.24) is 0 Å². The molecule has 0 atom stereocenters. The molecule has 0 aliphatic heterocycles. The Morgan fingerprint density at radius 3 is 1.34 bits per heavy atom. The van der Waals surface area contributed by atoms with Gasteiger partial charge in [0.05, 0.1) is 11.1 Å². The highest BCUT2D eigenvalue weighted by Gasteiger charge is 2.17. The molecule has 0 aliphatic rings. The van der Waals surface area contributed by atoms with Crippen LogP contribution in [0.4, 0.5) is 0 Å². The van der Waals surface area contributed by atoms with E-state index < -0.39 is 11.9 Å². The molecular formula is C28H18O4. The predicted octanol–water partition coefficient (Wildman–Crippen LogP) is 6.43. The third-order valence-corrected chi connectivity index (χ3v) is 5.23. The molecule has 0 amide bonds. The van der Waals surface area contributed by atoms with E-state index in [1.807, 2.05) is 72.8 Å². The Hall–Kier alpha value is -4.44. The maximum absolute atomic E-state index is 12.9. The third-order valence-electron chi connectivity index (χ3n) is 5.23. The van der Waals surface area contributed by atoms with Crippen LogP contribution in [0.5, 0.6) is 11.5 Å². The van der Waals surface area contributed by atoms with Crippen LogP contribution in [0.15, 0.2) is 109 Å². The molecule has 5 aromatic carbocycles. The highest BCUT2D eigenvalue weighted by molar-refractivity contribution is 6.13. The van der Waals surface area contributed by atoms with E-state index in [4.69, 9.17) is 9.47 Å². The second-order valence-corrected chi connectivity index (χ2v) is 7.31. The fraction of sp³-hybridized carbons (Fsp3) is 0. The normalized spacial score (nSPS) is 10.8. The Balaban J connectivity index is 1.58. The summed E-state index contributed by atoms with van der Waals surface area (Å²) in [6, 6.07) is 32.7. The lowest BCUT2D eigenvalue weighted by molar-refractivity contribution is 0.0727. The lowest BCUT2D eigenvalue weighted by Crippen LogP contribution is -2.10. The zero-order valence-electron chi connectivity index (χ0n) is 17.0. The van der Waals surface area contributed by atoms with E-state index in [0.717, 1.165) is 10.8 Å². The first kappa shape index (κ1) is 19.5. The average Bonchev–Trinajstić information content (AvgIpc) is 2.83. The second kappa shape index (κ2) is 8.36.